The van der Waals surface area contributed by atoms with Crippen LogP contribution in [0.5, 0.6) is 5.75 Å². The third-order valence-electron chi connectivity index (χ3n) is 4.13. The highest BCUT2D eigenvalue weighted by Gasteiger charge is 2.25. The summed E-state index contributed by atoms with van der Waals surface area (Å²) in [4.78, 5) is 8.25. The van der Waals surface area contributed by atoms with Gasteiger partial charge < -0.3 is 14.5 Å². The minimum Gasteiger partial charge on any atom is -0.497 e. The lowest BCUT2D eigenvalue weighted by molar-refractivity contribution is 0.414. The number of hydrogen-bond acceptors (Lipinski definition) is 4. The normalized spacial score (nSPS) is 18.4. The number of anilines is 2. The molecule has 0 saturated carbocycles. The van der Waals surface area contributed by atoms with Gasteiger partial charge in [0.15, 0.2) is 5.82 Å². The van der Waals surface area contributed by atoms with Gasteiger partial charge in [-0.25, -0.2) is 4.39 Å². The van der Waals surface area contributed by atoms with Crippen molar-refractivity contribution in [1.29, 1.82) is 0 Å². The number of pyridine rings is 1. The second-order valence-electron chi connectivity index (χ2n) is 5.51. The van der Waals surface area contributed by atoms with Crippen LogP contribution in [-0.2, 0) is 0 Å². The summed E-state index contributed by atoms with van der Waals surface area (Å²) in [6, 6.07) is 10.0. The summed E-state index contributed by atoms with van der Waals surface area (Å²) >= 11 is 0. The Balaban J connectivity index is 1.73. The zero-order valence-electron chi connectivity index (χ0n) is 12.9. The molecule has 0 aliphatic carbocycles. The van der Waals surface area contributed by atoms with E-state index in [-0.39, 0.29) is 11.9 Å². The maximum absolute atomic E-state index is 13.9. The zero-order valence-corrected chi connectivity index (χ0v) is 12.9. The van der Waals surface area contributed by atoms with E-state index in [9.17, 15) is 4.39 Å². The third-order valence-corrected chi connectivity index (χ3v) is 4.13. The maximum Gasteiger partial charge on any atom is 0.164 e. The molecule has 0 spiro atoms. The van der Waals surface area contributed by atoms with E-state index < -0.39 is 0 Å². The molecule has 1 aliphatic heterocycles. The fraction of sp³-hybridized carbons (Fsp3) is 0.353. The molecule has 2 heterocycles. The lowest BCUT2D eigenvalue weighted by Crippen LogP contribution is -2.52. The van der Waals surface area contributed by atoms with Crippen LogP contribution in [0.25, 0.3) is 0 Å². The molecule has 3 rings (SSSR count). The average molecular weight is 301 g/mol. The average Bonchev–Trinajstić information content (AvgIpc) is 2.56. The smallest absolute Gasteiger partial charge is 0.164 e. The highest BCUT2D eigenvalue weighted by atomic mass is 19.1. The molecular weight excluding hydrogens is 281 g/mol. The number of piperazine rings is 1. The van der Waals surface area contributed by atoms with E-state index in [0.717, 1.165) is 25.4 Å². The Labute approximate surface area is 130 Å². The predicted octanol–water partition coefficient (Wildman–Crippen LogP) is 2.94. The van der Waals surface area contributed by atoms with Gasteiger partial charge in [0.1, 0.15) is 5.75 Å². The summed E-state index contributed by atoms with van der Waals surface area (Å²) in [6.45, 7) is 4.62. The zero-order chi connectivity index (χ0) is 15.5. The lowest BCUT2D eigenvalue weighted by Gasteiger charge is -2.42. The summed E-state index contributed by atoms with van der Waals surface area (Å²) < 4.78 is 19.1. The molecule has 0 amide bonds. The Hall–Kier alpha value is -2.30. The minimum atomic E-state index is -0.257. The Morgan fingerprint density at radius 3 is 2.59 bits per heavy atom. The van der Waals surface area contributed by atoms with Crippen molar-refractivity contribution in [2.75, 3.05) is 36.5 Å². The van der Waals surface area contributed by atoms with E-state index >= 15 is 0 Å². The summed E-state index contributed by atoms with van der Waals surface area (Å²) in [7, 11) is 1.67. The van der Waals surface area contributed by atoms with Gasteiger partial charge in [-0.05, 0) is 37.3 Å². The summed E-state index contributed by atoms with van der Waals surface area (Å²) in [5.74, 6) is 0.599. The van der Waals surface area contributed by atoms with Gasteiger partial charge in [-0.2, -0.15) is 0 Å². The molecule has 0 bridgehead atoms. The van der Waals surface area contributed by atoms with E-state index in [2.05, 4.69) is 33.8 Å². The van der Waals surface area contributed by atoms with Crippen molar-refractivity contribution in [3.8, 4) is 5.75 Å². The highest BCUT2D eigenvalue weighted by molar-refractivity contribution is 5.53. The number of hydrogen-bond donors (Lipinski definition) is 0. The SMILES string of the molecule is COc1ccc(N2CCN(c3ccncc3F)C(C)C2)cc1. The predicted molar refractivity (Wildman–Crippen MR) is 86.2 cm³/mol. The molecule has 116 valence electrons. The Bertz CT molecular complexity index is 632. The van der Waals surface area contributed by atoms with Crippen molar-refractivity contribution in [2.24, 2.45) is 0 Å². The third kappa shape index (κ3) is 2.84. The van der Waals surface area contributed by atoms with Crippen LogP contribution in [0.15, 0.2) is 42.7 Å². The molecule has 1 saturated heterocycles. The molecule has 5 heteroatoms. The summed E-state index contributed by atoms with van der Waals surface area (Å²) in [6.07, 6.45) is 2.92. The summed E-state index contributed by atoms with van der Waals surface area (Å²) in [5.41, 5.74) is 1.80. The first-order valence-electron chi connectivity index (χ1n) is 7.44. The van der Waals surface area contributed by atoms with Crippen LogP contribution in [0, 0.1) is 5.82 Å². The standard InChI is InChI=1S/C17H20FN3O/c1-13-12-20(14-3-5-15(22-2)6-4-14)9-10-21(13)17-7-8-19-11-16(17)18/h3-8,11,13H,9-10,12H2,1-2H3. The molecular formula is C17H20FN3O. The first-order chi connectivity index (χ1) is 10.7. The first kappa shape index (κ1) is 14.6. The van der Waals surface area contributed by atoms with Crippen LogP contribution in [0.1, 0.15) is 6.92 Å². The number of halogens is 1. The lowest BCUT2D eigenvalue weighted by atomic mass is 10.1. The van der Waals surface area contributed by atoms with Crippen LogP contribution in [-0.4, -0.2) is 37.8 Å². The molecule has 1 unspecified atom stereocenters. The van der Waals surface area contributed by atoms with Gasteiger partial charge in [0.2, 0.25) is 0 Å². The summed E-state index contributed by atoms with van der Waals surface area (Å²) in [5, 5.41) is 0. The molecule has 1 atom stereocenters. The van der Waals surface area contributed by atoms with E-state index in [1.54, 1.807) is 19.4 Å². The van der Waals surface area contributed by atoms with Gasteiger partial charge in [0, 0.05) is 37.6 Å². The Morgan fingerprint density at radius 1 is 1.18 bits per heavy atom. The molecule has 2 aromatic rings. The van der Waals surface area contributed by atoms with Crippen molar-refractivity contribution in [1.82, 2.24) is 4.98 Å². The highest BCUT2D eigenvalue weighted by Crippen LogP contribution is 2.26. The van der Waals surface area contributed by atoms with Gasteiger partial charge in [-0.3, -0.25) is 4.98 Å². The van der Waals surface area contributed by atoms with Crippen molar-refractivity contribution < 1.29 is 9.13 Å². The molecule has 1 aliphatic rings. The number of aromatic nitrogens is 1. The molecule has 0 radical (unpaired) electrons. The van der Waals surface area contributed by atoms with Crippen molar-refractivity contribution in [3.05, 3.63) is 48.5 Å². The van der Waals surface area contributed by atoms with Crippen LogP contribution in [0.3, 0.4) is 0 Å². The van der Waals surface area contributed by atoms with Gasteiger partial charge in [-0.15, -0.1) is 0 Å². The van der Waals surface area contributed by atoms with E-state index in [1.807, 2.05) is 12.1 Å². The Kier molecular flexibility index (Phi) is 4.13. The van der Waals surface area contributed by atoms with Crippen LogP contribution >= 0.6 is 0 Å². The van der Waals surface area contributed by atoms with Crippen molar-refractivity contribution >= 4 is 11.4 Å². The fourth-order valence-corrected chi connectivity index (χ4v) is 2.94. The number of ether oxygens (including phenoxy) is 1. The Morgan fingerprint density at radius 2 is 1.95 bits per heavy atom. The number of nitrogens with zero attached hydrogens (tertiary/aromatic N) is 3. The molecule has 0 N–H and O–H groups in total. The maximum atomic E-state index is 13.9. The first-order valence-corrected chi connectivity index (χ1v) is 7.44. The fourth-order valence-electron chi connectivity index (χ4n) is 2.94. The van der Waals surface area contributed by atoms with E-state index in [1.165, 1.54) is 11.9 Å². The molecule has 1 fully saturated rings. The van der Waals surface area contributed by atoms with Crippen LogP contribution < -0.4 is 14.5 Å². The van der Waals surface area contributed by atoms with Gasteiger partial charge in [0.05, 0.1) is 19.0 Å². The largest absolute Gasteiger partial charge is 0.497 e. The van der Waals surface area contributed by atoms with E-state index in [4.69, 9.17) is 4.74 Å². The number of methoxy groups -OCH3 is 1. The van der Waals surface area contributed by atoms with Crippen molar-refractivity contribution in [3.63, 3.8) is 0 Å². The van der Waals surface area contributed by atoms with E-state index in [0.29, 0.717) is 5.69 Å². The van der Waals surface area contributed by atoms with Gasteiger partial charge >= 0.3 is 0 Å². The number of rotatable bonds is 3. The van der Waals surface area contributed by atoms with Crippen LogP contribution in [0.4, 0.5) is 15.8 Å². The van der Waals surface area contributed by atoms with Gasteiger partial charge in [-0.1, -0.05) is 0 Å². The topological polar surface area (TPSA) is 28.6 Å². The molecule has 1 aromatic carbocycles. The van der Waals surface area contributed by atoms with Gasteiger partial charge in [0.25, 0.3) is 0 Å². The van der Waals surface area contributed by atoms with Crippen LogP contribution in [0.2, 0.25) is 0 Å². The molecule has 4 nitrogen and oxygen atoms in total. The quantitative estimate of drug-likeness (QED) is 0.871. The molecule has 1 aromatic heterocycles. The van der Waals surface area contributed by atoms with Crippen molar-refractivity contribution in [2.45, 2.75) is 13.0 Å². The second-order valence-corrected chi connectivity index (χ2v) is 5.51. The monoisotopic (exact) mass is 301 g/mol. The number of benzene rings is 1. The second kappa shape index (κ2) is 6.22. The molecule has 22 heavy (non-hydrogen) atoms. The minimum absolute atomic E-state index is 0.229.